The lowest BCUT2D eigenvalue weighted by molar-refractivity contribution is 0.112. The van der Waals surface area contributed by atoms with Crippen molar-refractivity contribution in [3.63, 3.8) is 0 Å². The predicted octanol–water partition coefficient (Wildman–Crippen LogP) is 3.05. The van der Waals surface area contributed by atoms with Crippen molar-refractivity contribution in [2.45, 2.75) is 19.5 Å². The van der Waals surface area contributed by atoms with E-state index < -0.39 is 0 Å². The minimum Gasteiger partial charge on any atom is -0.493 e. The van der Waals surface area contributed by atoms with Gasteiger partial charge in [0.25, 0.3) is 0 Å². The molecule has 0 N–H and O–H groups in total. The summed E-state index contributed by atoms with van der Waals surface area (Å²) in [7, 11) is 0. The van der Waals surface area contributed by atoms with Crippen LogP contribution < -0.4 is 4.74 Å². The molecule has 0 unspecified atom stereocenters. The molecular formula is C20H22N4O2S. The van der Waals surface area contributed by atoms with Gasteiger partial charge in [-0.3, -0.25) is 9.80 Å². The number of hydrogen-bond donors (Lipinski definition) is 0. The number of piperazine rings is 1. The van der Waals surface area contributed by atoms with Crippen LogP contribution in [0.5, 0.6) is 5.75 Å². The fourth-order valence-corrected chi connectivity index (χ4v) is 4.37. The number of benzene rings is 1. The van der Waals surface area contributed by atoms with Crippen LogP contribution in [0.15, 0.2) is 40.2 Å². The minimum absolute atomic E-state index is 0.694. The van der Waals surface area contributed by atoms with E-state index in [-0.39, 0.29) is 0 Å². The maximum atomic E-state index is 5.60. The molecule has 2 aliphatic heterocycles. The van der Waals surface area contributed by atoms with Crippen molar-refractivity contribution in [1.29, 1.82) is 0 Å². The van der Waals surface area contributed by atoms with Gasteiger partial charge in [-0.1, -0.05) is 23.4 Å². The molecule has 1 fully saturated rings. The topological polar surface area (TPSA) is 54.6 Å². The molecule has 140 valence electrons. The van der Waals surface area contributed by atoms with E-state index in [2.05, 4.69) is 38.1 Å². The van der Waals surface area contributed by atoms with E-state index in [9.17, 15) is 0 Å². The van der Waals surface area contributed by atoms with E-state index in [1.165, 1.54) is 11.1 Å². The van der Waals surface area contributed by atoms with Crippen molar-refractivity contribution >= 4 is 11.3 Å². The third kappa shape index (κ3) is 3.76. The molecule has 0 aliphatic carbocycles. The van der Waals surface area contributed by atoms with E-state index >= 15 is 0 Å². The molecule has 4 heterocycles. The number of hydrogen-bond acceptors (Lipinski definition) is 7. The highest BCUT2D eigenvalue weighted by Crippen LogP contribution is 2.26. The molecule has 0 atom stereocenters. The van der Waals surface area contributed by atoms with Crippen LogP contribution in [0.3, 0.4) is 0 Å². The largest absolute Gasteiger partial charge is 0.493 e. The first-order valence-corrected chi connectivity index (χ1v) is 10.3. The Hall–Kier alpha value is -2.22. The lowest BCUT2D eigenvalue weighted by Gasteiger charge is -2.34. The first-order chi connectivity index (χ1) is 13.3. The lowest BCUT2D eigenvalue weighted by atomic mass is 10.1. The molecule has 0 amide bonds. The summed E-state index contributed by atoms with van der Waals surface area (Å²) in [5.41, 5.74) is 2.73. The van der Waals surface area contributed by atoms with Gasteiger partial charge in [0.2, 0.25) is 11.7 Å². The first-order valence-electron chi connectivity index (χ1n) is 9.39. The molecule has 1 saturated heterocycles. The van der Waals surface area contributed by atoms with Gasteiger partial charge in [-0.25, -0.2) is 0 Å². The molecular weight excluding hydrogens is 360 g/mol. The molecule has 6 nitrogen and oxygen atoms in total. The Morgan fingerprint density at radius 3 is 2.70 bits per heavy atom. The molecule has 1 aromatic carbocycles. The van der Waals surface area contributed by atoms with Crippen LogP contribution in [0.2, 0.25) is 0 Å². The third-order valence-corrected chi connectivity index (χ3v) is 6.06. The molecule has 2 aliphatic rings. The summed E-state index contributed by atoms with van der Waals surface area (Å²) in [6.45, 7) is 6.70. The van der Waals surface area contributed by atoms with Crippen molar-refractivity contribution < 1.29 is 9.26 Å². The summed E-state index contributed by atoms with van der Waals surface area (Å²) < 4.78 is 11.0. The van der Waals surface area contributed by atoms with Gasteiger partial charge in [0.15, 0.2) is 0 Å². The maximum absolute atomic E-state index is 5.60. The summed E-state index contributed by atoms with van der Waals surface area (Å²) in [4.78, 5) is 10.5. The van der Waals surface area contributed by atoms with Crippen LogP contribution in [0.4, 0.5) is 0 Å². The van der Waals surface area contributed by atoms with Gasteiger partial charge in [0.1, 0.15) is 5.75 Å². The van der Waals surface area contributed by atoms with Crippen molar-refractivity contribution in [2.24, 2.45) is 0 Å². The van der Waals surface area contributed by atoms with Crippen LogP contribution in [0.25, 0.3) is 10.7 Å². The Bertz CT molecular complexity index is 901. The highest BCUT2D eigenvalue weighted by Gasteiger charge is 2.20. The summed E-state index contributed by atoms with van der Waals surface area (Å²) >= 11 is 1.63. The van der Waals surface area contributed by atoms with Crippen LogP contribution in [-0.2, 0) is 19.5 Å². The fraction of sp³-hybridized carbons (Fsp3) is 0.400. The van der Waals surface area contributed by atoms with Crippen LogP contribution in [0, 0.1) is 0 Å². The molecule has 0 spiro atoms. The van der Waals surface area contributed by atoms with E-state index in [4.69, 9.17) is 9.26 Å². The quantitative estimate of drug-likeness (QED) is 0.676. The molecule has 7 heteroatoms. The Morgan fingerprint density at radius 2 is 1.89 bits per heavy atom. The molecule has 0 saturated carbocycles. The monoisotopic (exact) mass is 382 g/mol. The second kappa shape index (κ2) is 7.42. The average molecular weight is 382 g/mol. The number of fused-ring (bicyclic) bond motifs is 1. The van der Waals surface area contributed by atoms with Crippen LogP contribution in [0.1, 0.15) is 17.0 Å². The van der Waals surface area contributed by atoms with E-state index in [1.54, 1.807) is 11.3 Å². The summed E-state index contributed by atoms with van der Waals surface area (Å²) in [5, 5.41) is 6.13. The SMILES string of the molecule is c1csc(-c2noc(CN3CCN(Cc4ccc5c(c4)CCO5)CC3)n2)c1. The van der Waals surface area contributed by atoms with Gasteiger partial charge in [-0.15, -0.1) is 11.3 Å². The van der Waals surface area contributed by atoms with Gasteiger partial charge < -0.3 is 9.26 Å². The molecule has 5 rings (SSSR count). The zero-order valence-electron chi connectivity index (χ0n) is 15.1. The van der Waals surface area contributed by atoms with Crippen molar-refractivity contribution in [1.82, 2.24) is 19.9 Å². The number of thiophene rings is 1. The summed E-state index contributed by atoms with van der Waals surface area (Å²) in [5.74, 6) is 2.45. The second-order valence-electron chi connectivity index (χ2n) is 7.08. The molecule has 27 heavy (non-hydrogen) atoms. The number of rotatable bonds is 5. The number of nitrogens with zero attached hydrogens (tertiary/aromatic N) is 4. The summed E-state index contributed by atoms with van der Waals surface area (Å²) in [6, 6.07) is 10.6. The van der Waals surface area contributed by atoms with Gasteiger partial charge in [-0.2, -0.15) is 4.98 Å². The van der Waals surface area contributed by atoms with E-state index in [0.29, 0.717) is 11.7 Å². The first kappa shape index (κ1) is 16.9. The average Bonchev–Trinajstić information content (AvgIpc) is 3.44. The predicted molar refractivity (Wildman–Crippen MR) is 104 cm³/mol. The smallest absolute Gasteiger partial charge is 0.241 e. The Morgan fingerprint density at radius 1 is 1.04 bits per heavy atom. The second-order valence-corrected chi connectivity index (χ2v) is 8.03. The Labute approximate surface area is 162 Å². The minimum atomic E-state index is 0.694. The highest BCUT2D eigenvalue weighted by molar-refractivity contribution is 7.13. The summed E-state index contributed by atoms with van der Waals surface area (Å²) in [6.07, 6.45) is 1.04. The molecule has 3 aromatic rings. The van der Waals surface area contributed by atoms with Gasteiger partial charge >= 0.3 is 0 Å². The zero-order chi connectivity index (χ0) is 18.1. The standard InChI is InChI=1S/C20H22N4O2S/c1-2-18(27-11-1)20-21-19(26-22-20)14-24-8-6-23(7-9-24)13-15-3-4-17-16(12-15)5-10-25-17/h1-4,11-12H,5-10,13-14H2. The zero-order valence-corrected chi connectivity index (χ0v) is 16.0. The van der Waals surface area contributed by atoms with E-state index in [1.807, 2.05) is 17.5 Å². The Kier molecular flexibility index (Phi) is 4.65. The maximum Gasteiger partial charge on any atom is 0.241 e. The molecule has 0 radical (unpaired) electrons. The van der Waals surface area contributed by atoms with Crippen molar-refractivity contribution in [2.75, 3.05) is 32.8 Å². The van der Waals surface area contributed by atoms with Crippen LogP contribution >= 0.6 is 11.3 Å². The van der Waals surface area contributed by atoms with Gasteiger partial charge in [-0.05, 0) is 28.6 Å². The van der Waals surface area contributed by atoms with E-state index in [0.717, 1.165) is 62.9 Å². The van der Waals surface area contributed by atoms with Crippen molar-refractivity contribution in [3.8, 4) is 16.5 Å². The fourth-order valence-electron chi connectivity index (χ4n) is 3.72. The lowest BCUT2D eigenvalue weighted by Crippen LogP contribution is -2.45. The van der Waals surface area contributed by atoms with Crippen molar-refractivity contribution in [3.05, 3.63) is 52.7 Å². The highest BCUT2D eigenvalue weighted by atomic mass is 32.1. The molecule has 2 aromatic heterocycles. The number of ether oxygens (including phenoxy) is 1. The third-order valence-electron chi connectivity index (χ3n) is 5.19. The van der Waals surface area contributed by atoms with Crippen LogP contribution in [-0.4, -0.2) is 52.7 Å². The normalized spacial score (nSPS) is 17.8. The van der Waals surface area contributed by atoms with Gasteiger partial charge in [0, 0.05) is 39.1 Å². The Balaban J connectivity index is 1.14. The molecule has 0 bridgehead atoms. The number of aromatic nitrogens is 2. The van der Waals surface area contributed by atoms with Gasteiger partial charge in [0.05, 0.1) is 18.0 Å².